The largest absolute Gasteiger partial charge is 0.354 e. The zero-order valence-electron chi connectivity index (χ0n) is 21.0. The molecule has 1 saturated heterocycles. The molecule has 6 atom stereocenters. The Morgan fingerprint density at radius 1 is 1.00 bits per heavy atom. The number of hydrogen-bond acceptors (Lipinski definition) is 4. The summed E-state index contributed by atoms with van der Waals surface area (Å²) in [6.07, 6.45) is 9.85. The second kappa shape index (κ2) is 7.80. The van der Waals surface area contributed by atoms with E-state index in [2.05, 4.69) is 42.9 Å². The molecule has 32 heavy (non-hydrogen) atoms. The lowest BCUT2D eigenvalue weighted by molar-refractivity contribution is -0.170. The van der Waals surface area contributed by atoms with Crippen LogP contribution in [-0.4, -0.2) is 67.8 Å². The van der Waals surface area contributed by atoms with Crippen LogP contribution >= 0.6 is 0 Å². The molecular formula is C27H45N3O2. The summed E-state index contributed by atoms with van der Waals surface area (Å²) in [6, 6.07) is 0. The number of hydrogen-bond donors (Lipinski definition) is 1. The number of piperazine rings is 1. The van der Waals surface area contributed by atoms with E-state index in [1.165, 1.54) is 12.8 Å². The zero-order chi connectivity index (χ0) is 22.8. The maximum atomic E-state index is 13.6. The Bertz CT molecular complexity index is 777. The van der Waals surface area contributed by atoms with Crippen LogP contribution in [0.15, 0.2) is 0 Å². The lowest BCUT2D eigenvalue weighted by Gasteiger charge is -2.64. The molecule has 2 bridgehead atoms. The van der Waals surface area contributed by atoms with E-state index < -0.39 is 0 Å². The van der Waals surface area contributed by atoms with E-state index >= 15 is 0 Å². The fourth-order valence-corrected chi connectivity index (χ4v) is 9.38. The first-order valence-corrected chi connectivity index (χ1v) is 13.3. The van der Waals surface area contributed by atoms with Gasteiger partial charge in [-0.25, -0.2) is 0 Å². The van der Waals surface area contributed by atoms with Gasteiger partial charge in [-0.3, -0.25) is 14.5 Å². The molecule has 5 aliphatic rings. The van der Waals surface area contributed by atoms with Gasteiger partial charge in [-0.1, -0.05) is 27.2 Å². The van der Waals surface area contributed by atoms with Crippen LogP contribution in [0.2, 0.25) is 0 Å². The molecule has 1 N–H and O–H groups in total. The number of Topliss-reactive ketones (excluding diaryl/α,β-unsaturated/α-hetero) is 1. The number of carbonyl (C=O) groups excluding carboxylic acids is 2. The Balaban J connectivity index is 1.28. The minimum atomic E-state index is -0.264. The smallest absolute Gasteiger partial charge is 0.226 e. The summed E-state index contributed by atoms with van der Waals surface area (Å²) in [7, 11) is 2.18. The predicted molar refractivity (Wildman–Crippen MR) is 127 cm³/mol. The summed E-state index contributed by atoms with van der Waals surface area (Å²) in [6.45, 7) is 13.2. The molecule has 1 aliphatic heterocycles. The number of nitrogens with zero attached hydrogens (tertiary/aromatic N) is 2. The summed E-state index contributed by atoms with van der Waals surface area (Å²) in [5.41, 5.74) is 0.107. The molecule has 180 valence electrons. The zero-order valence-corrected chi connectivity index (χ0v) is 21.0. The molecule has 0 radical (unpaired) electrons. The third kappa shape index (κ3) is 3.40. The molecule has 0 unspecified atom stereocenters. The highest BCUT2D eigenvalue weighted by molar-refractivity contribution is 5.88. The van der Waals surface area contributed by atoms with Gasteiger partial charge in [0.1, 0.15) is 5.78 Å². The lowest BCUT2D eigenvalue weighted by Crippen LogP contribution is -2.60. The van der Waals surface area contributed by atoms with Gasteiger partial charge in [-0.05, 0) is 74.7 Å². The topological polar surface area (TPSA) is 52.6 Å². The van der Waals surface area contributed by atoms with E-state index in [1.807, 2.05) is 0 Å². The number of amides is 1. The van der Waals surface area contributed by atoms with Gasteiger partial charge in [0.25, 0.3) is 0 Å². The highest BCUT2D eigenvalue weighted by Crippen LogP contribution is 2.72. The Labute approximate surface area is 195 Å². The fraction of sp³-hybridized carbons (Fsp3) is 0.926. The number of rotatable bonds is 4. The summed E-state index contributed by atoms with van der Waals surface area (Å²) >= 11 is 0. The van der Waals surface area contributed by atoms with Crippen molar-refractivity contribution >= 4 is 11.7 Å². The highest BCUT2D eigenvalue weighted by atomic mass is 16.2. The minimum Gasteiger partial charge on any atom is -0.354 e. The van der Waals surface area contributed by atoms with Crippen LogP contribution in [0.1, 0.15) is 78.6 Å². The molecule has 5 nitrogen and oxygen atoms in total. The van der Waals surface area contributed by atoms with Crippen molar-refractivity contribution in [3.8, 4) is 0 Å². The Morgan fingerprint density at radius 2 is 1.72 bits per heavy atom. The number of nitrogens with one attached hydrogen (secondary N) is 1. The van der Waals surface area contributed by atoms with Crippen LogP contribution in [0.4, 0.5) is 0 Å². The molecule has 5 fully saturated rings. The van der Waals surface area contributed by atoms with Crippen molar-refractivity contribution in [1.29, 1.82) is 0 Å². The van der Waals surface area contributed by atoms with Gasteiger partial charge in [0.2, 0.25) is 5.91 Å². The Morgan fingerprint density at radius 3 is 2.47 bits per heavy atom. The summed E-state index contributed by atoms with van der Waals surface area (Å²) in [5, 5.41) is 3.37. The van der Waals surface area contributed by atoms with Crippen LogP contribution in [0, 0.1) is 33.5 Å². The number of likely N-dealkylation sites (N-methyl/N-ethyl adjacent to an activating group) is 1. The van der Waals surface area contributed by atoms with Gasteiger partial charge in [-0.2, -0.15) is 0 Å². The fourth-order valence-electron chi connectivity index (χ4n) is 9.38. The second-order valence-corrected chi connectivity index (χ2v) is 13.1. The van der Waals surface area contributed by atoms with Crippen molar-refractivity contribution in [2.75, 3.05) is 46.3 Å². The lowest BCUT2D eigenvalue weighted by atomic mass is 9.40. The van der Waals surface area contributed by atoms with Crippen molar-refractivity contribution in [3.05, 3.63) is 0 Å². The van der Waals surface area contributed by atoms with Crippen LogP contribution in [0.3, 0.4) is 0 Å². The first-order chi connectivity index (χ1) is 15.1. The van der Waals surface area contributed by atoms with E-state index in [9.17, 15) is 9.59 Å². The number of carbonyl (C=O) groups is 2. The van der Waals surface area contributed by atoms with Gasteiger partial charge in [0.15, 0.2) is 0 Å². The molecule has 0 aromatic heterocycles. The maximum Gasteiger partial charge on any atom is 0.226 e. The average molecular weight is 444 g/mol. The normalized spacial score (nSPS) is 47.1. The second-order valence-electron chi connectivity index (χ2n) is 13.1. The van der Waals surface area contributed by atoms with Crippen LogP contribution < -0.4 is 5.32 Å². The molecule has 1 amide bonds. The van der Waals surface area contributed by atoms with Crippen molar-refractivity contribution in [2.24, 2.45) is 33.5 Å². The van der Waals surface area contributed by atoms with Crippen LogP contribution in [0.5, 0.6) is 0 Å². The standard InChI is InChI=1S/C27H45N3O2/c1-24-10-6-21-25(2)8-5-9-26(3,20(25)7-11-27(21,19-24)18-22(24)31)23(32)28-12-13-30-16-14-29(4)15-17-30/h20-21H,5-19H2,1-4H3,(H,28,32)/t20-,21-,24-,25+,26+,27-/m0/s1. The molecule has 0 aromatic rings. The molecule has 0 aromatic carbocycles. The van der Waals surface area contributed by atoms with Crippen molar-refractivity contribution in [1.82, 2.24) is 15.1 Å². The van der Waals surface area contributed by atoms with E-state index in [0.717, 1.165) is 84.2 Å². The molecule has 4 aliphatic carbocycles. The summed E-state index contributed by atoms with van der Waals surface area (Å²) in [4.78, 5) is 31.4. The van der Waals surface area contributed by atoms with Gasteiger partial charge < -0.3 is 10.2 Å². The first kappa shape index (κ1) is 22.8. The third-order valence-electron chi connectivity index (χ3n) is 11.2. The van der Waals surface area contributed by atoms with Gasteiger partial charge >= 0.3 is 0 Å². The monoisotopic (exact) mass is 443 g/mol. The van der Waals surface area contributed by atoms with Crippen molar-refractivity contribution < 1.29 is 9.59 Å². The minimum absolute atomic E-state index is 0.0572. The van der Waals surface area contributed by atoms with E-state index in [4.69, 9.17) is 0 Å². The maximum absolute atomic E-state index is 13.6. The first-order valence-electron chi connectivity index (χ1n) is 13.3. The summed E-state index contributed by atoms with van der Waals surface area (Å²) in [5.74, 6) is 1.89. The quantitative estimate of drug-likeness (QED) is 0.719. The predicted octanol–water partition coefficient (Wildman–Crippen LogP) is 3.72. The highest BCUT2D eigenvalue weighted by Gasteiger charge is 2.67. The molecule has 5 heteroatoms. The van der Waals surface area contributed by atoms with Gasteiger partial charge in [0, 0.05) is 56.5 Å². The Hall–Kier alpha value is -0.940. The Kier molecular flexibility index (Phi) is 5.56. The van der Waals surface area contributed by atoms with Crippen LogP contribution in [-0.2, 0) is 9.59 Å². The number of fused-ring (bicyclic) bond motifs is 3. The van der Waals surface area contributed by atoms with Crippen molar-refractivity contribution in [2.45, 2.75) is 78.6 Å². The van der Waals surface area contributed by atoms with Gasteiger partial charge in [-0.15, -0.1) is 0 Å². The van der Waals surface area contributed by atoms with Crippen LogP contribution in [0.25, 0.3) is 0 Å². The van der Waals surface area contributed by atoms with E-state index in [-0.39, 0.29) is 21.7 Å². The third-order valence-corrected chi connectivity index (χ3v) is 11.2. The van der Waals surface area contributed by atoms with Gasteiger partial charge in [0.05, 0.1) is 0 Å². The van der Waals surface area contributed by atoms with Crippen molar-refractivity contribution in [3.63, 3.8) is 0 Å². The van der Waals surface area contributed by atoms with E-state index in [0.29, 0.717) is 23.5 Å². The molecule has 4 saturated carbocycles. The van der Waals surface area contributed by atoms with E-state index in [1.54, 1.807) is 0 Å². The molecular weight excluding hydrogens is 398 g/mol. The summed E-state index contributed by atoms with van der Waals surface area (Å²) < 4.78 is 0. The molecule has 1 heterocycles. The molecule has 5 rings (SSSR count). The average Bonchev–Trinajstić information content (AvgIpc) is 2.92. The molecule has 1 spiro atoms. The SMILES string of the molecule is CN1CCN(CCNC(=O)[C@]2(C)CCC[C@@]3(C)[C@@H]4CC[C@@]5(C)C[C@]4(CC[C@@H]32)CC5=O)CC1. The number of ketones is 1.